The average molecular weight is 206 g/mol. The van der Waals surface area contributed by atoms with Crippen molar-refractivity contribution in [2.75, 3.05) is 20.1 Å². The monoisotopic (exact) mass is 206 g/mol. The number of nitrogens with zero attached hydrogens (tertiary/aromatic N) is 1. The zero-order valence-corrected chi connectivity index (χ0v) is 8.69. The Bertz CT molecular complexity index is 338. The summed E-state index contributed by atoms with van der Waals surface area (Å²) in [5, 5.41) is 2.84. The Morgan fingerprint density at radius 1 is 1.73 bits per heavy atom. The van der Waals surface area contributed by atoms with Crippen molar-refractivity contribution < 1.29 is 9.21 Å². The molecule has 1 aromatic rings. The summed E-state index contributed by atoms with van der Waals surface area (Å²) in [6.07, 6.45) is 6.64. The molecule has 0 spiro atoms. The van der Waals surface area contributed by atoms with Gasteiger partial charge in [-0.3, -0.25) is 10.1 Å². The summed E-state index contributed by atoms with van der Waals surface area (Å²) in [4.78, 5) is 13.1. The van der Waals surface area contributed by atoms with Crippen molar-refractivity contribution in [3.05, 3.63) is 24.2 Å². The van der Waals surface area contributed by atoms with Crippen LogP contribution in [0.2, 0.25) is 0 Å². The Hall–Kier alpha value is -1.73. The van der Waals surface area contributed by atoms with Crippen molar-refractivity contribution in [2.24, 2.45) is 0 Å². The lowest BCUT2D eigenvalue weighted by atomic mass is 10.4. The Kier molecular flexibility index (Phi) is 4.45. The van der Waals surface area contributed by atoms with E-state index in [1.807, 2.05) is 6.07 Å². The second-order valence-corrected chi connectivity index (χ2v) is 3.14. The summed E-state index contributed by atoms with van der Waals surface area (Å²) in [5.74, 6) is 3.16. The van der Waals surface area contributed by atoms with Gasteiger partial charge in [-0.05, 0) is 12.1 Å². The molecule has 0 radical (unpaired) electrons. The van der Waals surface area contributed by atoms with Crippen molar-refractivity contribution in [3.8, 4) is 12.3 Å². The quantitative estimate of drug-likeness (QED) is 0.562. The first kappa shape index (κ1) is 11.3. The van der Waals surface area contributed by atoms with Gasteiger partial charge in [0.25, 0.3) is 0 Å². The standard InChI is InChI=1S/C11H14N2O2/c1-3-6-12-8-11(14)13(2)9-10-5-4-7-15-10/h1,4-5,7,12H,6,8-9H2,2H3. The lowest BCUT2D eigenvalue weighted by Gasteiger charge is -2.15. The molecule has 0 fully saturated rings. The van der Waals surface area contributed by atoms with E-state index in [1.54, 1.807) is 24.3 Å². The highest BCUT2D eigenvalue weighted by Gasteiger charge is 2.09. The normalized spacial score (nSPS) is 9.60. The van der Waals surface area contributed by atoms with Crippen LogP contribution in [0.25, 0.3) is 0 Å². The van der Waals surface area contributed by atoms with E-state index in [4.69, 9.17) is 10.8 Å². The van der Waals surface area contributed by atoms with E-state index in [9.17, 15) is 4.79 Å². The van der Waals surface area contributed by atoms with Crippen LogP contribution in [0.1, 0.15) is 5.76 Å². The number of hydrogen-bond acceptors (Lipinski definition) is 3. The molecule has 0 aliphatic rings. The number of likely N-dealkylation sites (N-methyl/N-ethyl adjacent to an activating group) is 1. The number of carbonyl (C=O) groups excluding carboxylic acids is 1. The van der Waals surface area contributed by atoms with Crippen LogP contribution in [0.15, 0.2) is 22.8 Å². The van der Waals surface area contributed by atoms with Crippen LogP contribution in [-0.4, -0.2) is 30.9 Å². The fourth-order valence-electron chi connectivity index (χ4n) is 1.10. The predicted octanol–water partition coefficient (Wildman–Crippen LogP) is 0.461. The van der Waals surface area contributed by atoms with Gasteiger partial charge in [-0.2, -0.15) is 0 Å². The number of terminal acetylenes is 1. The number of hydrogen-bond donors (Lipinski definition) is 1. The fraction of sp³-hybridized carbons (Fsp3) is 0.364. The first-order valence-electron chi connectivity index (χ1n) is 4.64. The Labute approximate surface area is 89.3 Å². The molecule has 80 valence electrons. The van der Waals surface area contributed by atoms with Gasteiger partial charge >= 0.3 is 0 Å². The van der Waals surface area contributed by atoms with Crippen LogP contribution in [0.4, 0.5) is 0 Å². The highest BCUT2D eigenvalue weighted by molar-refractivity contribution is 5.77. The Balaban J connectivity index is 2.31. The molecule has 15 heavy (non-hydrogen) atoms. The summed E-state index contributed by atoms with van der Waals surface area (Å²) in [7, 11) is 1.72. The van der Waals surface area contributed by atoms with Crippen LogP contribution in [0.5, 0.6) is 0 Å². The van der Waals surface area contributed by atoms with Crippen molar-refractivity contribution in [3.63, 3.8) is 0 Å². The van der Waals surface area contributed by atoms with E-state index in [2.05, 4.69) is 11.2 Å². The van der Waals surface area contributed by atoms with Gasteiger partial charge in [0.05, 0.1) is 25.9 Å². The van der Waals surface area contributed by atoms with Gasteiger partial charge in [0.15, 0.2) is 0 Å². The van der Waals surface area contributed by atoms with Crippen molar-refractivity contribution >= 4 is 5.91 Å². The van der Waals surface area contributed by atoms with Gasteiger partial charge in [-0.25, -0.2) is 0 Å². The van der Waals surface area contributed by atoms with Crippen LogP contribution in [0, 0.1) is 12.3 Å². The van der Waals surface area contributed by atoms with E-state index >= 15 is 0 Å². The molecule has 1 heterocycles. The lowest BCUT2D eigenvalue weighted by Crippen LogP contribution is -2.35. The molecule has 1 amide bonds. The Morgan fingerprint density at radius 3 is 3.13 bits per heavy atom. The van der Waals surface area contributed by atoms with E-state index in [1.165, 1.54) is 0 Å². The fourth-order valence-corrected chi connectivity index (χ4v) is 1.10. The third kappa shape index (κ3) is 3.88. The van der Waals surface area contributed by atoms with Crippen LogP contribution < -0.4 is 5.32 Å². The summed E-state index contributed by atoms with van der Waals surface area (Å²) in [6, 6.07) is 3.63. The van der Waals surface area contributed by atoms with Gasteiger partial charge in [-0.1, -0.05) is 5.92 Å². The second-order valence-electron chi connectivity index (χ2n) is 3.14. The van der Waals surface area contributed by atoms with Gasteiger partial charge in [0.2, 0.25) is 5.91 Å². The molecular formula is C11H14N2O2. The largest absolute Gasteiger partial charge is 0.467 e. The summed E-state index contributed by atoms with van der Waals surface area (Å²) < 4.78 is 5.13. The molecular weight excluding hydrogens is 192 g/mol. The minimum absolute atomic E-state index is 0.0124. The molecule has 1 rings (SSSR count). The van der Waals surface area contributed by atoms with E-state index in [0.717, 1.165) is 5.76 Å². The maximum atomic E-state index is 11.5. The molecule has 0 aliphatic heterocycles. The Morgan fingerprint density at radius 2 is 2.53 bits per heavy atom. The molecule has 0 bridgehead atoms. The van der Waals surface area contributed by atoms with Crippen LogP contribution >= 0.6 is 0 Å². The van der Waals surface area contributed by atoms with E-state index in [-0.39, 0.29) is 12.5 Å². The molecule has 0 aliphatic carbocycles. The first-order valence-corrected chi connectivity index (χ1v) is 4.64. The van der Waals surface area contributed by atoms with Gasteiger partial charge < -0.3 is 9.32 Å². The number of nitrogens with one attached hydrogen (secondary N) is 1. The van der Waals surface area contributed by atoms with Crippen molar-refractivity contribution in [1.82, 2.24) is 10.2 Å². The van der Waals surface area contributed by atoms with E-state index < -0.39 is 0 Å². The van der Waals surface area contributed by atoms with Gasteiger partial charge in [0.1, 0.15) is 5.76 Å². The van der Waals surface area contributed by atoms with Crippen molar-refractivity contribution in [2.45, 2.75) is 6.54 Å². The molecule has 0 saturated heterocycles. The molecule has 0 atom stereocenters. The van der Waals surface area contributed by atoms with Gasteiger partial charge in [-0.15, -0.1) is 6.42 Å². The first-order chi connectivity index (χ1) is 7.24. The minimum Gasteiger partial charge on any atom is -0.467 e. The lowest BCUT2D eigenvalue weighted by molar-refractivity contribution is -0.129. The molecule has 0 saturated carbocycles. The maximum Gasteiger partial charge on any atom is 0.236 e. The van der Waals surface area contributed by atoms with Gasteiger partial charge in [0, 0.05) is 7.05 Å². The third-order valence-corrected chi connectivity index (χ3v) is 1.90. The smallest absolute Gasteiger partial charge is 0.236 e. The zero-order chi connectivity index (χ0) is 11.1. The highest BCUT2D eigenvalue weighted by Crippen LogP contribution is 2.03. The summed E-state index contributed by atoms with van der Waals surface area (Å²) >= 11 is 0. The molecule has 0 aromatic carbocycles. The molecule has 1 aromatic heterocycles. The molecule has 4 nitrogen and oxygen atoms in total. The highest BCUT2D eigenvalue weighted by atomic mass is 16.3. The number of amides is 1. The number of carbonyl (C=O) groups is 1. The second kappa shape index (κ2) is 5.89. The summed E-state index contributed by atoms with van der Waals surface area (Å²) in [6.45, 7) is 1.13. The minimum atomic E-state index is -0.0124. The number of furan rings is 1. The molecule has 0 unspecified atom stereocenters. The molecule has 4 heteroatoms. The van der Waals surface area contributed by atoms with Crippen LogP contribution in [-0.2, 0) is 11.3 Å². The van der Waals surface area contributed by atoms with E-state index in [0.29, 0.717) is 13.1 Å². The topological polar surface area (TPSA) is 45.5 Å². The van der Waals surface area contributed by atoms with Crippen molar-refractivity contribution in [1.29, 1.82) is 0 Å². The average Bonchev–Trinajstić information content (AvgIpc) is 2.70. The number of rotatable bonds is 5. The molecule has 1 N–H and O–H groups in total. The zero-order valence-electron chi connectivity index (χ0n) is 8.69. The predicted molar refractivity (Wildman–Crippen MR) is 56.9 cm³/mol. The third-order valence-electron chi connectivity index (χ3n) is 1.90. The van der Waals surface area contributed by atoms with Crippen LogP contribution in [0.3, 0.4) is 0 Å². The summed E-state index contributed by atoms with van der Waals surface area (Å²) in [5.41, 5.74) is 0. The SMILES string of the molecule is C#CCNCC(=O)N(C)Cc1ccco1. The maximum absolute atomic E-state index is 11.5.